The third-order valence-electron chi connectivity index (χ3n) is 5.36. The molecule has 2 heterocycles. The van der Waals surface area contributed by atoms with Gasteiger partial charge in [0.15, 0.2) is 0 Å². The topological polar surface area (TPSA) is 132 Å². The molecule has 0 bridgehead atoms. The van der Waals surface area contributed by atoms with E-state index in [0.29, 0.717) is 43.7 Å². The summed E-state index contributed by atoms with van der Waals surface area (Å²) in [6.07, 6.45) is 3.90. The number of pyridine rings is 1. The Balaban J connectivity index is 2.04. The van der Waals surface area contributed by atoms with Gasteiger partial charge in [-0.2, -0.15) is 5.26 Å². The van der Waals surface area contributed by atoms with E-state index in [9.17, 15) is 19.6 Å². The molecule has 28 heavy (non-hydrogen) atoms. The average Bonchev–Trinajstić information content (AvgIpc) is 2.66. The van der Waals surface area contributed by atoms with Gasteiger partial charge in [0.05, 0.1) is 0 Å². The van der Waals surface area contributed by atoms with E-state index < -0.39 is 5.56 Å². The van der Waals surface area contributed by atoms with Gasteiger partial charge in [-0.15, -0.1) is 0 Å². The van der Waals surface area contributed by atoms with Crippen LogP contribution in [0.4, 0.5) is 0 Å². The zero-order chi connectivity index (χ0) is 20.7. The van der Waals surface area contributed by atoms with Gasteiger partial charge >= 0.3 is 0 Å². The minimum atomic E-state index is -0.392. The SMILES string of the molecule is Cc1[nH]c(=O)c(C#N)c(C)c1CCC(=O)N1CCCCC1CNC(=O)CCN. The molecule has 0 spiro atoms. The maximum Gasteiger partial charge on any atom is 0.266 e. The summed E-state index contributed by atoms with van der Waals surface area (Å²) in [6, 6.07) is 1.93. The molecule has 1 unspecified atom stereocenters. The minimum Gasteiger partial charge on any atom is -0.354 e. The van der Waals surface area contributed by atoms with Crippen LogP contribution in [-0.4, -0.2) is 47.4 Å². The first-order valence-electron chi connectivity index (χ1n) is 9.77. The predicted molar refractivity (Wildman–Crippen MR) is 106 cm³/mol. The average molecular weight is 387 g/mol. The summed E-state index contributed by atoms with van der Waals surface area (Å²) >= 11 is 0. The number of aryl methyl sites for hydroxylation is 1. The Bertz CT molecular complexity index is 824. The van der Waals surface area contributed by atoms with Gasteiger partial charge in [-0.3, -0.25) is 14.4 Å². The van der Waals surface area contributed by atoms with Gasteiger partial charge in [-0.1, -0.05) is 0 Å². The summed E-state index contributed by atoms with van der Waals surface area (Å²) in [5, 5.41) is 12.0. The van der Waals surface area contributed by atoms with Crippen LogP contribution in [0.3, 0.4) is 0 Å². The number of carbonyl (C=O) groups is 2. The molecule has 8 heteroatoms. The Kier molecular flexibility index (Phi) is 7.76. The number of piperidine rings is 1. The van der Waals surface area contributed by atoms with Crippen molar-refractivity contribution >= 4 is 11.8 Å². The number of nitrogens with zero attached hydrogens (tertiary/aromatic N) is 2. The Morgan fingerprint density at radius 2 is 2.07 bits per heavy atom. The van der Waals surface area contributed by atoms with E-state index in [4.69, 9.17) is 5.73 Å². The quantitative estimate of drug-likeness (QED) is 0.632. The summed E-state index contributed by atoms with van der Waals surface area (Å²) < 4.78 is 0. The van der Waals surface area contributed by atoms with Crippen LogP contribution in [0, 0.1) is 25.2 Å². The molecule has 0 saturated carbocycles. The van der Waals surface area contributed by atoms with Gasteiger partial charge in [0, 0.05) is 44.2 Å². The van der Waals surface area contributed by atoms with Crippen LogP contribution in [0.25, 0.3) is 0 Å². The number of hydrogen-bond donors (Lipinski definition) is 3. The number of H-pyrrole nitrogens is 1. The number of nitrogens with two attached hydrogens (primary N) is 1. The molecule has 1 aromatic rings. The van der Waals surface area contributed by atoms with E-state index in [1.54, 1.807) is 13.8 Å². The number of rotatable bonds is 7. The Morgan fingerprint density at radius 1 is 1.32 bits per heavy atom. The van der Waals surface area contributed by atoms with Crippen molar-refractivity contribution in [2.75, 3.05) is 19.6 Å². The van der Waals surface area contributed by atoms with Crippen LogP contribution < -0.4 is 16.6 Å². The fourth-order valence-electron chi connectivity index (χ4n) is 3.79. The van der Waals surface area contributed by atoms with Crippen LogP contribution in [0.2, 0.25) is 0 Å². The Hall–Kier alpha value is -2.66. The molecule has 0 aromatic carbocycles. The zero-order valence-corrected chi connectivity index (χ0v) is 16.6. The lowest BCUT2D eigenvalue weighted by Crippen LogP contribution is -2.49. The highest BCUT2D eigenvalue weighted by Gasteiger charge is 2.27. The standard InChI is InChI=1S/C20H29N5O3/c1-13-16(14(2)24-20(28)17(13)11-22)6-7-19(27)25-10-4-3-5-15(25)12-23-18(26)8-9-21/h15H,3-10,12,21H2,1-2H3,(H,23,26)(H,24,28). The fourth-order valence-corrected chi connectivity index (χ4v) is 3.79. The van der Waals surface area contributed by atoms with Gasteiger partial charge in [0.25, 0.3) is 5.56 Å². The number of aromatic nitrogens is 1. The normalized spacial score (nSPS) is 16.5. The van der Waals surface area contributed by atoms with Crippen LogP contribution in [0.1, 0.15) is 54.5 Å². The van der Waals surface area contributed by atoms with Gasteiger partial charge in [0.2, 0.25) is 11.8 Å². The number of amides is 2. The van der Waals surface area contributed by atoms with Gasteiger partial charge in [-0.05, 0) is 50.7 Å². The van der Waals surface area contributed by atoms with Crippen molar-refractivity contribution in [1.29, 1.82) is 5.26 Å². The van der Waals surface area contributed by atoms with E-state index in [1.165, 1.54) is 0 Å². The van der Waals surface area contributed by atoms with Crippen molar-refractivity contribution in [2.24, 2.45) is 5.73 Å². The van der Waals surface area contributed by atoms with Gasteiger partial charge < -0.3 is 20.9 Å². The van der Waals surface area contributed by atoms with E-state index in [-0.39, 0.29) is 29.8 Å². The maximum atomic E-state index is 12.9. The predicted octanol–water partition coefficient (Wildman–Crippen LogP) is 0.642. The van der Waals surface area contributed by atoms with Crippen molar-refractivity contribution in [3.8, 4) is 6.07 Å². The first kappa shape index (κ1) is 21.6. The molecule has 1 aromatic heterocycles. The summed E-state index contributed by atoms with van der Waals surface area (Å²) in [4.78, 5) is 40.9. The summed E-state index contributed by atoms with van der Waals surface area (Å²) in [5.41, 5.74) is 7.28. The second-order valence-electron chi connectivity index (χ2n) is 7.25. The Labute approximate surface area is 165 Å². The third-order valence-corrected chi connectivity index (χ3v) is 5.36. The smallest absolute Gasteiger partial charge is 0.266 e. The van der Waals surface area contributed by atoms with E-state index in [2.05, 4.69) is 10.3 Å². The van der Waals surface area contributed by atoms with Crippen LogP contribution in [-0.2, 0) is 16.0 Å². The van der Waals surface area contributed by atoms with Crippen LogP contribution in [0.15, 0.2) is 4.79 Å². The van der Waals surface area contributed by atoms with Crippen molar-refractivity contribution in [3.63, 3.8) is 0 Å². The number of carbonyl (C=O) groups excluding carboxylic acids is 2. The lowest BCUT2D eigenvalue weighted by molar-refractivity contribution is -0.135. The molecule has 0 aliphatic carbocycles. The maximum absolute atomic E-state index is 12.9. The molecule has 8 nitrogen and oxygen atoms in total. The van der Waals surface area contributed by atoms with E-state index in [1.807, 2.05) is 11.0 Å². The fraction of sp³-hybridized carbons (Fsp3) is 0.600. The lowest BCUT2D eigenvalue weighted by atomic mass is 9.97. The molecule has 2 rings (SSSR count). The molecule has 1 atom stereocenters. The van der Waals surface area contributed by atoms with Crippen LogP contribution >= 0.6 is 0 Å². The lowest BCUT2D eigenvalue weighted by Gasteiger charge is -2.36. The first-order valence-corrected chi connectivity index (χ1v) is 9.77. The number of aromatic amines is 1. The first-order chi connectivity index (χ1) is 13.4. The summed E-state index contributed by atoms with van der Waals surface area (Å²) in [7, 11) is 0. The highest BCUT2D eigenvalue weighted by molar-refractivity contribution is 5.78. The molecule has 1 aliphatic heterocycles. The molecule has 1 aliphatic rings. The summed E-state index contributed by atoms with van der Waals surface area (Å²) in [6.45, 7) is 4.97. The van der Waals surface area contributed by atoms with Gasteiger partial charge in [0.1, 0.15) is 11.6 Å². The van der Waals surface area contributed by atoms with E-state index >= 15 is 0 Å². The van der Waals surface area contributed by atoms with Gasteiger partial charge in [-0.25, -0.2) is 0 Å². The molecule has 152 valence electrons. The molecule has 0 radical (unpaired) electrons. The molecule has 4 N–H and O–H groups in total. The highest BCUT2D eigenvalue weighted by Crippen LogP contribution is 2.20. The second kappa shape index (κ2) is 10.0. The highest BCUT2D eigenvalue weighted by atomic mass is 16.2. The number of nitriles is 1. The van der Waals surface area contributed by atoms with Crippen molar-refractivity contribution in [2.45, 2.75) is 58.4 Å². The largest absolute Gasteiger partial charge is 0.354 e. The number of likely N-dealkylation sites (tertiary alicyclic amines) is 1. The van der Waals surface area contributed by atoms with E-state index in [0.717, 1.165) is 24.8 Å². The molecular formula is C20H29N5O3. The van der Waals surface area contributed by atoms with Crippen molar-refractivity contribution < 1.29 is 9.59 Å². The number of hydrogen-bond acceptors (Lipinski definition) is 5. The van der Waals surface area contributed by atoms with Crippen molar-refractivity contribution in [3.05, 3.63) is 32.7 Å². The molecule has 1 saturated heterocycles. The summed E-state index contributed by atoms with van der Waals surface area (Å²) in [5.74, 6) is -0.0646. The monoisotopic (exact) mass is 387 g/mol. The second-order valence-corrected chi connectivity index (χ2v) is 7.25. The zero-order valence-electron chi connectivity index (χ0n) is 16.6. The molecular weight excluding hydrogens is 358 g/mol. The van der Waals surface area contributed by atoms with Crippen molar-refractivity contribution in [1.82, 2.24) is 15.2 Å². The molecule has 2 amide bonds. The minimum absolute atomic E-state index is 0.00424. The third kappa shape index (κ3) is 5.20. The Morgan fingerprint density at radius 3 is 2.75 bits per heavy atom. The molecule has 1 fully saturated rings. The number of nitrogens with one attached hydrogen (secondary N) is 2. The van der Waals surface area contributed by atoms with Crippen LogP contribution in [0.5, 0.6) is 0 Å².